The zero-order valence-electron chi connectivity index (χ0n) is 9.72. The first kappa shape index (κ1) is 10.9. The third kappa shape index (κ3) is 2.13. The van der Waals surface area contributed by atoms with Crippen molar-refractivity contribution in [2.24, 2.45) is 0 Å². The molecule has 0 spiro atoms. The van der Waals surface area contributed by atoms with E-state index in [0.29, 0.717) is 6.04 Å². The Hall–Kier alpha value is -1.19. The first-order valence-electron chi connectivity index (χ1n) is 5.86. The highest BCUT2D eigenvalue weighted by Crippen LogP contribution is 2.38. The number of hydrogen-bond acceptors (Lipinski definition) is 3. The summed E-state index contributed by atoms with van der Waals surface area (Å²) < 4.78 is 5.42. The lowest BCUT2D eigenvalue weighted by atomic mass is 10.1. The predicted octanol–water partition coefficient (Wildman–Crippen LogP) is 3.78. The van der Waals surface area contributed by atoms with Gasteiger partial charge in [0.15, 0.2) is 0 Å². The average molecular weight is 245 g/mol. The van der Waals surface area contributed by atoms with Crippen molar-refractivity contribution in [3.63, 3.8) is 0 Å². The molecule has 1 aromatic carbocycles. The fourth-order valence-corrected chi connectivity index (χ4v) is 3.40. The quantitative estimate of drug-likeness (QED) is 0.891. The minimum atomic E-state index is 0.252. The van der Waals surface area contributed by atoms with E-state index in [9.17, 15) is 0 Å². The molecule has 1 N–H and O–H groups in total. The molecule has 0 amide bonds. The van der Waals surface area contributed by atoms with Crippen LogP contribution >= 0.6 is 11.8 Å². The number of rotatable bonds is 3. The monoisotopic (exact) mass is 245 g/mol. The van der Waals surface area contributed by atoms with Crippen molar-refractivity contribution in [3.8, 4) is 0 Å². The van der Waals surface area contributed by atoms with Gasteiger partial charge in [-0.05, 0) is 30.7 Å². The van der Waals surface area contributed by atoms with Gasteiger partial charge in [0.1, 0.15) is 5.76 Å². The molecule has 17 heavy (non-hydrogen) atoms. The zero-order chi connectivity index (χ0) is 11.7. The van der Waals surface area contributed by atoms with Crippen molar-refractivity contribution in [1.29, 1.82) is 0 Å². The van der Waals surface area contributed by atoms with Crippen LogP contribution in [0.15, 0.2) is 52.0 Å². The van der Waals surface area contributed by atoms with Gasteiger partial charge in [0.25, 0.3) is 0 Å². The number of hydrogen-bond donors (Lipinski definition) is 1. The second-order valence-electron chi connectivity index (χ2n) is 4.31. The minimum Gasteiger partial charge on any atom is -0.468 e. The number of furan rings is 1. The van der Waals surface area contributed by atoms with Crippen molar-refractivity contribution in [2.45, 2.75) is 23.9 Å². The van der Waals surface area contributed by atoms with Gasteiger partial charge in [0.05, 0.1) is 12.3 Å². The van der Waals surface area contributed by atoms with Gasteiger partial charge >= 0.3 is 0 Å². The second kappa shape index (κ2) is 4.59. The first-order chi connectivity index (χ1) is 8.34. The van der Waals surface area contributed by atoms with E-state index < -0.39 is 0 Å². The van der Waals surface area contributed by atoms with E-state index in [2.05, 4.69) is 36.5 Å². The molecule has 0 saturated heterocycles. The maximum Gasteiger partial charge on any atom is 0.120 e. The third-order valence-corrected chi connectivity index (χ3v) is 4.30. The molecule has 1 aromatic heterocycles. The highest BCUT2D eigenvalue weighted by atomic mass is 32.2. The summed E-state index contributed by atoms with van der Waals surface area (Å²) in [7, 11) is 0. The number of fused-ring (bicyclic) bond motifs is 1. The standard InChI is InChI=1S/C14H15NOS/c1-10(13-6-4-8-16-13)15-12-9-17-14-7-3-2-5-11(12)14/h2-8,10,12,15H,9H2,1H3/t10-,12?/m0/s1. The summed E-state index contributed by atoms with van der Waals surface area (Å²) in [6.07, 6.45) is 1.73. The SMILES string of the molecule is C[C@H](NC1CSc2ccccc21)c1ccco1. The molecule has 2 atom stereocenters. The van der Waals surface area contributed by atoms with Crippen LogP contribution in [0.1, 0.15) is 30.3 Å². The molecule has 0 saturated carbocycles. The summed E-state index contributed by atoms with van der Waals surface area (Å²) >= 11 is 1.92. The summed E-state index contributed by atoms with van der Waals surface area (Å²) in [5, 5.41) is 3.62. The van der Waals surface area contributed by atoms with Gasteiger partial charge in [-0.25, -0.2) is 0 Å². The molecule has 88 valence electrons. The van der Waals surface area contributed by atoms with E-state index >= 15 is 0 Å². The molecule has 0 radical (unpaired) electrons. The minimum absolute atomic E-state index is 0.252. The number of benzene rings is 1. The van der Waals surface area contributed by atoms with Gasteiger partial charge in [-0.2, -0.15) is 0 Å². The van der Waals surface area contributed by atoms with Crippen LogP contribution in [0.4, 0.5) is 0 Å². The van der Waals surface area contributed by atoms with Crippen molar-refractivity contribution in [2.75, 3.05) is 5.75 Å². The van der Waals surface area contributed by atoms with E-state index in [0.717, 1.165) is 11.5 Å². The fourth-order valence-electron chi connectivity index (χ4n) is 2.22. The molecular formula is C14H15NOS. The Bertz CT molecular complexity index is 495. The van der Waals surface area contributed by atoms with E-state index in [1.807, 2.05) is 23.9 Å². The summed E-state index contributed by atoms with van der Waals surface area (Å²) in [6, 6.07) is 13.2. The van der Waals surface area contributed by atoms with Gasteiger partial charge in [-0.1, -0.05) is 18.2 Å². The number of thioether (sulfide) groups is 1. The Kier molecular flexibility index (Phi) is 2.95. The van der Waals surface area contributed by atoms with Crippen LogP contribution in [0.25, 0.3) is 0 Å². The van der Waals surface area contributed by atoms with E-state index in [4.69, 9.17) is 4.42 Å². The Morgan fingerprint density at radius 1 is 1.29 bits per heavy atom. The molecular weight excluding hydrogens is 230 g/mol. The van der Waals surface area contributed by atoms with Gasteiger partial charge in [0.2, 0.25) is 0 Å². The zero-order valence-corrected chi connectivity index (χ0v) is 10.5. The van der Waals surface area contributed by atoms with Crippen LogP contribution in [-0.4, -0.2) is 5.75 Å². The molecule has 0 bridgehead atoms. The summed E-state index contributed by atoms with van der Waals surface area (Å²) in [6.45, 7) is 2.14. The Balaban J connectivity index is 1.75. The topological polar surface area (TPSA) is 25.2 Å². The normalized spacial score (nSPS) is 20.2. The van der Waals surface area contributed by atoms with Gasteiger partial charge in [0, 0.05) is 16.7 Å². The maximum atomic E-state index is 5.42. The number of nitrogens with one attached hydrogen (secondary N) is 1. The lowest BCUT2D eigenvalue weighted by Gasteiger charge is -2.18. The van der Waals surface area contributed by atoms with Crippen LogP contribution in [0.3, 0.4) is 0 Å². The first-order valence-corrected chi connectivity index (χ1v) is 6.84. The van der Waals surface area contributed by atoms with Crippen molar-refractivity contribution < 1.29 is 4.42 Å². The highest BCUT2D eigenvalue weighted by Gasteiger charge is 2.24. The van der Waals surface area contributed by atoms with E-state index in [1.165, 1.54) is 10.5 Å². The van der Waals surface area contributed by atoms with Gasteiger partial charge in [-0.3, -0.25) is 5.32 Å². The lowest BCUT2D eigenvalue weighted by Crippen LogP contribution is -2.24. The highest BCUT2D eigenvalue weighted by molar-refractivity contribution is 7.99. The second-order valence-corrected chi connectivity index (χ2v) is 5.37. The summed E-state index contributed by atoms with van der Waals surface area (Å²) in [5.74, 6) is 2.10. The fraction of sp³-hybridized carbons (Fsp3) is 0.286. The Morgan fingerprint density at radius 3 is 3.00 bits per heavy atom. The summed E-state index contributed by atoms with van der Waals surface area (Å²) in [4.78, 5) is 1.40. The van der Waals surface area contributed by atoms with Crippen LogP contribution in [0.5, 0.6) is 0 Å². The molecule has 2 heterocycles. The van der Waals surface area contributed by atoms with Gasteiger partial charge < -0.3 is 4.42 Å². The van der Waals surface area contributed by atoms with Gasteiger partial charge in [-0.15, -0.1) is 11.8 Å². The predicted molar refractivity (Wildman–Crippen MR) is 70.2 cm³/mol. The van der Waals surface area contributed by atoms with Crippen molar-refractivity contribution >= 4 is 11.8 Å². The molecule has 3 rings (SSSR count). The van der Waals surface area contributed by atoms with Crippen LogP contribution in [-0.2, 0) is 0 Å². The molecule has 1 aliphatic rings. The summed E-state index contributed by atoms with van der Waals surface area (Å²) in [5.41, 5.74) is 1.41. The molecule has 1 unspecified atom stereocenters. The van der Waals surface area contributed by atoms with Crippen LogP contribution < -0.4 is 5.32 Å². The molecule has 3 heteroatoms. The smallest absolute Gasteiger partial charge is 0.120 e. The largest absolute Gasteiger partial charge is 0.468 e. The maximum absolute atomic E-state index is 5.42. The van der Waals surface area contributed by atoms with E-state index in [-0.39, 0.29) is 6.04 Å². The van der Waals surface area contributed by atoms with Crippen LogP contribution in [0, 0.1) is 0 Å². The Labute approximate surface area is 105 Å². The molecule has 1 aliphatic heterocycles. The van der Waals surface area contributed by atoms with Crippen molar-refractivity contribution in [3.05, 3.63) is 54.0 Å². The average Bonchev–Trinajstić information content (AvgIpc) is 2.98. The molecule has 2 nitrogen and oxygen atoms in total. The lowest BCUT2D eigenvalue weighted by molar-refractivity contribution is 0.405. The van der Waals surface area contributed by atoms with E-state index in [1.54, 1.807) is 6.26 Å². The Morgan fingerprint density at radius 2 is 2.18 bits per heavy atom. The molecule has 0 aliphatic carbocycles. The molecule has 2 aromatic rings. The van der Waals surface area contributed by atoms with Crippen LogP contribution in [0.2, 0.25) is 0 Å². The van der Waals surface area contributed by atoms with Crippen molar-refractivity contribution in [1.82, 2.24) is 5.32 Å². The molecule has 0 fully saturated rings. The third-order valence-electron chi connectivity index (χ3n) is 3.12.